The molecule has 132 valence electrons. The zero-order chi connectivity index (χ0) is 18.6. The lowest BCUT2D eigenvalue weighted by Crippen LogP contribution is -2.15. The van der Waals surface area contributed by atoms with E-state index in [1.54, 1.807) is 13.0 Å². The first-order valence-electron chi connectivity index (χ1n) is 7.12. The predicted octanol–water partition coefficient (Wildman–Crippen LogP) is 5.64. The highest BCUT2D eigenvalue weighted by Gasteiger charge is 2.35. The average Bonchev–Trinajstić information content (AvgIpc) is 2.56. The Labute approximate surface area is 152 Å². The van der Waals surface area contributed by atoms with Crippen molar-refractivity contribution in [1.29, 1.82) is 0 Å². The van der Waals surface area contributed by atoms with Crippen molar-refractivity contribution in [3.8, 4) is 0 Å². The number of alkyl halides is 3. The van der Waals surface area contributed by atoms with Gasteiger partial charge in [0.05, 0.1) is 33.3 Å². The number of carbonyl (C=O) groups excluding carboxylic acids is 1. The van der Waals surface area contributed by atoms with Crippen LogP contribution >= 0.6 is 23.2 Å². The van der Waals surface area contributed by atoms with Gasteiger partial charge in [-0.15, -0.1) is 0 Å². The van der Waals surface area contributed by atoms with Crippen LogP contribution in [-0.2, 0) is 10.9 Å². The minimum Gasteiger partial charge on any atom is -0.477 e. The summed E-state index contributed by atoms with van der Waals surface area (Å²) in [5, 5.41) is 0.294. The molecule has 3 nitrogen and oxygen atoms in total. The molecule has 0 aliphatic heterocycles. The summed E-state index contributed by atoms with van der Waals surface area (Å²) in [5.41, 5.74) is -1.43. The minimum atomic E-state index is -4.68. The molecule has 0 saturated carbocycles. The SMILES string of the molecule is CCOC(=NC(=O)c1ccccc1C(F)(F)F)c1cccc(Cl)c1Cl. The summed E-state index contributed by atoms with van der Waals surface area (Å²) in [6.45, 7) is 1.78. The van der Waals surface area contributed by atoms with E-state index in [1.807, 2.05) is 0 Å². The third-order valence-electron chi connectivity index (χ3n) is 3.13. The van der Waals surface area contributed by atoms with Crippen LogP contribution in [0.4, 0.5) is 13.2 Å². The summed E-state index contributed by atoms with van der Waals surface area (Å²) in [6.07, 6.45) is -4.68. The third-order valence-corrected chi connectivity index (χ3v) is 3.95. The maximum atomic E-state index is 13.1. The zero-order valence-electron chi connectivity index (χ0n) is 12.9. The summed E-state index contributed by atoms with van der Waals surface area (Å²) >= 11 is 12.0. The van der Waals surface area contributed by atoms with Gasteiger partial charge in [-0.3, -0.25) is 4.79 Å². The number of aliphatic imine (C=N–C) groups is 1. The molecule has 0 heterocycles. The molecule has 0 aromatic heterocycles. The Morgan fingerprint density at radius 1 is 1.08 bits per heavy atom. The lowest BCUT2D eigenvalue weighted by Gasteiger charge is -2.12. The Morgan fingerprint density at radius 2 is 1.72 bits per heavy atom. The van der Waals surface area contributed by atoms with Crippen LogP contribution in [0.15, 0.2) is 47.5 Å². The van der Waals surface area contributed by atoms with Crippen LogP contribution in [0.1, 0.15) is 28.4 Å². The smallest absolute Gasteiger partial charge is 0.417 e. The Kier molecular flexibility index (Phi) is 6.08. The predicted molar refractivity (Wildman–Crippen MR) is 90.4 cm³/mol. The Balaban J connectivity index is 2.52. The van der Waals surface area contributed by atoms with Gasteiger partial charge in [-0.1, -0.05) is 41.4 Å². The Hall–Kier alpha value is -2.05. The first-order chi connectivity index (χ1) is 11.8. The van der Waals surface area contributed by atoms with E-state index in [2.05, 4.69) is 4.99 Å². The maximum Gasteiger partial charge on any atom is 0.417 e. The molecule has 8 heteroatoms. The van der Waals surface area contributed by atoms with Crippen LogP contribution in [0.2, 0.25) is 10.0 Å². The molecule has 1 amide bonds. The van der Waals surface area contributed by atoms with Gasteiger partial charge in [0.25, 0.3) is 5.91 Å². The topological polar surface area (TPSA) is 38.7 Å². The molecular formula is C17H12Cl2F3NO2. The highest BCUT2D eigenvalue weighted by atomic mass is 35.5. The second-order valence-electron chi connectivity index (χ2n) is 4.80. The fraction of sp³-hybridized carbons (Fsp3) is 0.176. The fourth-order valence-electron chi connectivity index (χ4n) is 2.05. The number of hydrogen-bond donors (Lipinski definition) is 0. The van der Waals surface area contributed by atoms with Crippen molar-refractivity contribution in [1.82, 2.24) is 0 Å². The summed E-state index contributed by atoms with van der Waals surface area (Å²) in [6, 6.07) is 8.98. The summed E-state index contributed by atoms with van der Waals surface area (Å²) in [4.78, 5) is 16.0. The largest absolute Gasteiger partial charge is 0.477 e. The van der Waals surface area contributed by atoms with Crippen LogP contribution in [0, 0.1) is 0 Å². The van der Waals surface area contributed by atoms with Crippen molar-refractivity contribution in [2.45, 2.75) is 13.1 Å². The molecular weight excluding hydrogens is 378 g/mol. The van der Waals surface area contributed by atoms with E-state index in [0.717, 1.165) is 12.1 Å². The molecule has 0 fully saturated rings. The van der Waals surface area contributed by atoms with Gasteiger partial charge in [0.15, 0.2) is 0 Å². The van der Waals surface area contributed by atoms with Gasteiger partial charge in [0.1, 0.15) is 0 Å². The number of benzene rings is 2. The summed E-state index contributed by atoms with van der Waals surface area (Å²) in [5.74, 6) is -1.29. The number of nitrogens with zero attached hydrogens (tertiary/aromatic N) is 1. The molecule has 0 spiro atoms. The molecule has 0 unspecified atom stereocenters. The van der Waals surface area contributed by atoms with Crippen molar-refractivity contribution < 1.29 is 22.7 Å². The molecule has 0 aliphatic carbocycles. The van der Waals surface area contributed by atoms with E-state index in [9.17, 15) is 18.0 Å². The zero-order valence-corrected chi connectivity index (χ0v) is 14.4. The highest BCUT2D eigenvalue weighted by Crippen LogP contribution is 2.32. The molecule has 25 heavy (non-hydrogen) atoms. The Morgan fingerprint density at radius 3 is 2.36 bits per heavy atom. The van der Waals surface area contributed by atoms with Crippen molar-refractivity contribution >= 4 is 35.0 Å². The lowest BCUT2D eigenvalue weighted by molar-refractivity contribution is -0.137. The number of halogens is 5. The van der Waals surface area contributed by atoms with Gasteiger partial charge in [-0.2, -0.15) is 18.2 Å². The average molecular weight is 390 g/mol. The van der Waals surface area contributed by atoms with Crippen molar-refractivity contribution in [2.75, 3.05) is 6.61 Å². The summed E-state index contributed by atoms with van der Waals surface area (Å²) in [7, 11) is 0. The van der Waals surface area contributed by atoms with Crippen molar-refractivity contribution in [3.63, 3.8) is 0 Å². The van der Waals surface area contributed by atoms with Gasteiger partial charge in [0, 0.05) is 0 Å². The molecule has 0 bridgehead atoms. The number of carbonyl (C=O) groups is 1. The molecule has 0 N–H and O–H groups in total. The molecule has 0 atom stereocenters. The van der Waals surface area contributed by atoms with Gasteiger partial charge < -0.3 is 4.74 Å². The first-order valence-corrected chi connectivity index (χ1v) is 7.87. The van der Waals surface area contributed by atoms with Crippen LogP contribution in [0.5, 0.6) is 0 Å². The number of rotatable bonds is 3. The molecule has 0 aliphatic rings. The second-order valence-corrected chi connectivity index (χ2v) is 5.59. The van der Waals surface area contributed by atoms with E-state index in [1.165, 1.54) is 24.3 Å². The van der Waals surface area contributed by atoms with Gasteiger partial charge in [-0.05, 0) is 31.2 Å². The van der Waals surface area contributed by atoms with E-state index < -0.39 is 23.2 Å². The van der Waals surface area contributed by atoms with E-state index in [-0.39, 0.29) is 28.1 Å². The number of ether oxygens (including phenoxy) is 1. The van der Waals surface area contributed by atoms with Crippen molar-refractivity contribution in [3.05, 3.63) is 69.2 Å². The summed E-state index contributed by atoms with van der Waals surface area (Å²) < 4.78 is 44.5. The van der Waals surface area contributed by atoms with Crippen LogP contribution < -0.4 is 0 Å². The third kappa shape index (κ3) is 4.52. The lowest BCUT2D eigenvalue weighted by atomic mass is 10.1. The second kappa shape index (κ2) is 7.89. The van der Waals surface area contributed by atoms with Gasteiger partial charge in [-0.25, -0.2) is 0 Å². The molecule has 2 rings (SSSR count). The van der Waals surface area contributed by atoms with Crippen LogP contribution in [0.25, 0.3) is 0 Å². The van der Waals surface area contributed by atoms with Crippen LogP contribution in [0.3, 0.4) is 0 Å². The molecule has 0 saturated heterocycles. The Bertz CT molecular complexity index is 820. The molecule has 0 radical (unpaired) electrons. The van der Waals surface area contributed by atoms with E-state index in [0.29, 0.717) is 0 Å². The fourth-order valence-corrected chi connectivity index (χ4v) is 2.43. The molecule has 2 aromatic carbocycles. The monoisotopic (exact) mass is 389 g/mol. The van der Waals surface area contributed by atoms with Crippen LogP contribution in [-0.4, -0.2) is 18.4 Å². The minimum absolute atomic E-state index is 0.0910. The van der Waals surface area contributed by atoms with Gasteiger partial charge in [0.2, 0.25) is 5.90 Å². The van der Waals surface area contributed by atoms with E-state index >= 15 is 0 Å². The highest BCUT2D eigenvalue weighted by molar-refractivity contribution is 6.44. The van der Waals surface area contributed by atoms with Gasteiger partial charge >= 0.3 is 6.18 Å². The maximum absolute atomic E-state index is 13.1. The standard InChI is InChI=1S/C17H12Cl2F3NO2/c1-2-25-16(11-7-5-9-13(18)14(11)19)23-15(24)10-6-3-4-8-12(10)17(20,21)22/h3-9H,2H2,1H3. The normalized spacial score (nSPS) is 12.2. The first kappa shape index (κ1) is 19.3. The number of hydrogen-bond acceptors (Lipinski definition) is 2. The molecule has 2 aromatic rings. The van der Waals surface area contributed by atoms with E-state index in [4.69, 9.17) is 27.9 Å². The van der Waals surface area contributed by atoms with Crippen molar-refractivity contribution in [2.24, 2.45) is 4.99 Å². The quantitative estimate of drug-likeness (QED) is 0.503. The number of amides is 1.